The molecule has 0 atom stereocenters. The molecule has 2 aliphatic rings. The maximum Gasteiger partial charge on any atom is 0.242 e. The van der Waals surface area contributed by atoms with Gasteiger partial charge < -0.3 is 15.5 Å². The van der Waals surface area contributed by atoms with E-state index in [0.717, 1.165) is 39.0 Å². The summed E-state index contributed by atoms with van der Waals surface area (Å²) in [6.07, 6.45) is 4.72. The van der Waals surface area contributed by atoms with Gasteiger partial charge in [0.05, 0.1) is 12.1 Å². The molecule has 0 aromatic heterocycles. The Balaban J connectivity index is 0.00000264. The molecule has 0 unspecified atom stereocenters. The van der Waals surface area contributed by atoms with E-state index in [4.69, 9.17) is 5.73 Å². The fourth-order valence-electron chi connectivity index (χ4n) is 3.13. The number of amides is 2. The maximum atomic E-state index is 12.4. The zero-order chi connectivity index (χ0) is 16.2. The van der Waals surface area contributed by atoms with Crippen molar-refractivity contribution in [3.8, 4) is 0 Å². The summed E-state index contributed by atoms with van der Waals surface area (Å²) in [5.74, 6) is 0.229. The SMILES string of the molecule is CC(C)(N)C(=O)N1CCN(CC(=O)N2CCCCCC2)CC1.Cl.Cl. The van der Waals surface area contributed by atoms with E-state index in [2.05, 4.69) is 4.90 Å². The van der Waals surface area contributed by atoms with Gasteiger partial charge in [0.15, 0.2) is 0 Å². The highest BCUT2D eigenvalue weighted by Crippen LogP contribution is 2.12. The lowest BCUT2D eigenvalue weighted by molar-refractivity contribution is -0.138. The molecule has 0 aromatic rings. The topological polar surface area (TPSA) is 69.9 Å². The lowest BCUT2D eigenvalue weighted by Gasteiger charge is -2.37. The first-order valence-electron chi connectivity index (χ1n) is 8.46. The molecule has 0 aliphatic carbocycles. The summed E-state index contributed by atoms with van der Waals surface area (Å²) in [5.41, 5.74) is 5.06. The Morgan fingerprint density at radius 3 is 1.79 bits per heavy atom. The van der Waals surface area contributed by atoms with Crippen LogP contribution >= 0.6 is 24.8 Å². The predicted octanol–water partition coefficient (Wildman–Crippen LogP) is 1.11. The number of piperazine rings is 1. The van der Waals surface area contributed by atoms with Crippen molar-refractivity contribution in [3.05, 3.63) is 0 Å². The summed E-state index contributed by atoms with van der Waals surface area (Å²) in [4.78, 5) is 30.5. The van der Waals surface area contributed by atoms with Crippen LogP contribution in [-0.4, -0.2) is 77.9 Å². The van der Waals surface area contributed by atoms with E-state index in [0.29, 0.717) is 19.6 Å². The van der Waals surface area contributed by atoms with Gasteiger partial charge in [-0.2, -0.15) is 0 Å². The number of hydrogen-bond donors (Lipinski definition) is 1. The van der Waals surface area contributed by atoms with Crippen molar-refractivity contribution in [2.45, 2.75) is 45.1 Å². The molecule has 0 radical (unpaired) electrons. The second-order valence-corrected chi connectivity index (χ2v) is 7.09. The Morgan fingerprint density at radius 2 is 1.33 bits per heavy atom. The highest BCUT2D eigenvalue weighted by atomic mass is 35.5. The summed E-state index contributed by atoms with van der Waals surface area (Å²) in [7, 11) is 0. The molecule has 2 rings (SSSR count). The molecule has 6 nitrogen and oxygen atoms in total. The molecule has 2 aliphatic heterocycles. The molecule has 2 N–H and O–H groups in total. The van der Waals surface area contributed by atoms with Gasteiger partial charge in [-0.25, -0.2) is 0 Å². The molecule has 2 heterocycles. The molecule has 0 saturated carbocycles. The van der Waals surface area contributed by atoms with Crippen LogP contribution in [0.4, 0.5) is 0 Å². The Morgan fingerprint density at radius 1 is 0.833 bits per heavy atom. The third-order valence-corrected chi connectivity index (χ3v) is 4.53. The van der Waals surface area contributed by atoms with Crippen molar-refractivity contribution < 1.29 is 9.59 Å². The van der Waals surface area contributed by atoms with Crippen LogP contribution in [0.15, 0.2) is 0 Å². The number of hydrogen-bond acceptors (Lipinski definition) is 4. The van der Waals surface area contributed by atoms with Gasteiger partial charge in [0.25, 0.3) is 0 Å². The summed E-state index contributed by atoms with van der Waals surface area (Å²) in [6.45, 7) is 8.59. The molecule has 8 heteroatoms. The van der Waals surface area contributed by atoms with Crippen molar-refractivity contribution in [2.75, 3.05) is 45.8 Å². The molecular formula is C16H32Cl2N4O2. The number of rotatable bonds is 3. The van der Waals surface area contributed by atoms with Gasteiger partial charge in [0.1, 0.15) is 0 Å². The van der Waals surface area contributed by atoms with Gasteiger partial charge >= 0.3 is 0 Å². The first-order valence-corrected chi connectivity index (χ1v) is 8.46. The predicted molar refractivity (Wildman–Crippen MR) is 101 cm³/mol. The molecule has 2 saturated heterocycles. The Hall–Kier alpha value is -0.560. The zero-order valence-electron chi connectivity index (χ0n) is 14.8. The summed E-state index contributed by atoms with van der Waals surface area (Å²) in [6, 6.07) is 0. The number of likely N-dealkylation sites (tertiary alicyclic amines) is 1. The third-order valence-electron chi connectivity index (χ3n) is 4.53. The maximum absolute atomic E-state index is 12.4. The molecule has 0 spiro atoms. The number of halogens is 2. The lowest BCUT2D eigenvalue weighted by atomic mass is 10.0. The normalized spacial score (nSPS) is 19.8. The largest absolute Gasteiger partial charge is 0.342 e. The highest BCUT2D eigenvalue weighted by Gasteiger charge is 2.30. The summed E-state index contributed by atoms with van der Waals surface area (Å²) < 4.78 is 0. The second kappa shape index (κ2) is 10.4. The van der Waals surface area contributed by atoms with Crippen LogP contribution in [0.2, 0.25) is 0 Å². The number of nitrogens with two attached hydrogens (primary N) is 1. The smallest absolute Gasteiger partial charge is 0.242 e. The van der Waals surface area contributed by atoms with Crippen LogP contribution in [-0.2, 0) is 9.59 Å². The van der Waals surface area contributed by atoms with E-state index in [1.165, 1.54) is 12.8 Å². The van der Waals surface area contributed by atoms with Gasteiger partial charge in [-0.1, -0.05) is 12.8 Å². The van der Waals surface area contributed by atoms with Crippen molar-refractivity contribution in [1.29, 1.82) is 0 Å². The van der Waals surface area contributed by atoms with Crippen LogP contribution in [0.25, 0.3) is 0 Å². The summed E-state index contributed by atoms with van der Waals surface area (Å²) in [5, 5.41) is 0. The van der Waals surface area contributed by atoms with Crippen LogP contribution in [0, 0.1) is 0 Å². The van der Waals surface area contributed by atoms with Gasteiger partial charge in [0.2, 0.25) is 11.8 Å². The molecule has 24 heavy (non-hydrogen) atoms. The standard InChI is InChI=1S/C16H30N4O2.2ClH/c1-16(2,17)15(22)20-11-9-18(10-12-20)13-14(21)19-7-5-3-4-6-8-19;;/h3-13,17H2,1-2H3;2*1H. The number of carbonyl (C=O) groups excluding carboxylic acids is 2. The van der Waals surface area contributed by atoms with Gasteiger partial charge in [-0.15, -0.1) is 24.8 Å². The minimum atomic E-state index is -0.815. The van der Waals surface area contributed by atoms with E-state index in [-0.39, 0.29) is 36.6 Å². The first-order chi connectivity index (χ1) is 10.4. The minimum absolute atomic E-state index is 0. The second-order valence-electron chi connectivity index (χ2n) is 7.09. The molecule has 142 valence electrons. The van der Waals surface area contributed by atoms with E-state index in [1.54, 1.807) is 13.8 Å². The number of nitrogens with zero attached hydrogens (tertiary/aromatic N) is 3. The fraction of sp³-hybridized carbons (Fsp3) is 0.875. The van der Waals surface area contributed by atoms with Crippen LogP contribution in [0.1, 0.15) is 39.5 Å². The third kappa shape index (κ3) is 6.75. The van der Waals surface area contributed by atoms with E-state index < -0.39 is 5.54 Å². The van der Waals surface area contributed by atoms with Gasteiger partial charge in [-0.3, -0.25) is 14.5 Å². The summed E-state index contributed by atoms with van der Waals surface area (Å²) >= 11 is 0. The van der Waals surface area contributed by atoms with Gasteiger partial charge in [0, 0.05) is 39.3 Å². The molecule has 2 amide bonds. The van der Waals surface area contributed by atoms with Crippen molar-refractivity contribution >= 4 is 36.6 Å². The average molecular weight is 383 g/mol. The first kappa shape index (κ1) is 23.4. The van der Waals surface area contributed by atoms with Gasteiger partial charge in [-0.05, 0) is 26.7 Å². The molecular weight excluding hydrogens is 351 g/mol. The van der Waals surface area contributed by atoms with Crippen molar-refractivity contribution in [1.82, 2.24) is 14.7 Å². The molecule has 0 bridgehead atoms. The zero-order valence-corrected chi connectivity index (χ0v) is 16.5. The van der Waals surface area contributed by atoms with E-state index in [1.807, 2.05) is 9.80 Å². The highest BCUT2D eigenvalue weighted by molar-refractivity contribution is 5.86. The monoisotopic (exact) mass is 382 g/mol. The van der Waals surface area contributed by atoms with Crippen molar-refractivity contribution in [3.63, 3.8) is 0 Å². The van der Waals surface area contributed by atoms with Crippen LogP contribution < -0.4 is 5.73 Å². The van der Waals surface area contributed by atoms with E-state index >= 15 is 0 Å². The fourth-order valence-corrected chi connectivity index (χ4v) is 3.13. The van der Waals surface area contributed by atoms with Crippen molar-refractivity contribution in [2.24, 2.45) is 5.73 Å². The number of carbonyl (C=O) groups is 2. The molecule has 2 fully saturated rings. The average Bonchev–Trinajstić information content (AvgIpc) is 2.75. The lowest BCUT2D eigenvalue weighted by Crippen LogP contribution is -2.57. The Kier molecular flexibility index (Phi) is 10.2. The molecule has 0 aromatic carbocycles. The minimum Gasteiger partial charge on any atom is -0.342 e. The Bertz CT molecular complexity index is 399. The van der Waals surface area contributed by atoms with Crippen LogP contribution in [0.5, 0.6) is 0 Å². The van der Waals surface area contributed by atoms with E-state index in [9.17, 15) is 9.59 Å². The Labute approximate surface area is 157 Å². The van der Waals surface area contributed by atoms with Crippen LogP contribution in [0.3, 0.4) is 0 Å². The quantitative estimate of drug-likeness (QED) is 0.793.